The van der Waals surface area contributed by atoms with Crippen LogP contribution >= 0.6 is 0 Å². The SMILES string of the molecule is CCCCCCCCCCCCCCCc1cccc(OC)c1C1C(C(=O)OC)=C(C)NC(C)=C1C(=O)OC. The van der Waals surface area contributed by atoms with Crippen LogP contribution in [0.15, 0.2) is 40.7 Å². The summed E-state index contributed by atoms with van der Waals surface area (Å²) in [5.41, 5.74) is 4.04. The Hall–Kier alpha value is -2.76. The summed E-state index contributed by atoms with van der Waals surface area (Å²) in [6.07, 6.45) is 17.8. The molecule has 1 aromatic carbocycles. The number of benzene rings is 1. The smallest absolute Gasteiger partial charge is 0.336 e. The Morgan fingerprint density at radius 1 is 0.718 bits per heavy atom. The minimum atomic E-state index is -0.640. The number of unbranched alkanes of at least 4 members (excludes halogenated alkanes) is 12. The molecule has 0 aromatic heterocycles. The summed E-state index contributed by atoms with van der Waals surface area (Å²) in [5.74, 6) is -0.940. The maximum atomic E-state index is 13.0. The quantitative estimate of drug-likeness (QED) is 0.150. The van der Waals surface area contributed by atoms with Gasteiger partial charge in [-0.25, -0.2) is 9.59 Å². The molecule has 1 aromatic rings. The highest BCUT2D eigenvalue weighted by atomic mass is 16.5. The van der Waals surface area contributed by atoms with Crippen LogP contribution in [0.3, 0.4) is 0 Å². The number of hydrogen-bond donors (Lipinski definition) is 1. The van der Waals surface area contributed by atoms with Gasteiger partial charge in [0, 0.05) is 17.0 Å². The number of esters is 2. The molecule has 39 heavy (non-hydrogen) atoms. The molecule has 2 rings (SSSR count). The highest BCUT2D eigenvalue weighted by Crippen LogP contribution is 2.44. The average Bonchev–Trinajstić information content (AvgIpc) is 2.94. The maximum absolute atomic E-state index is 13.0. The standard InChI is InChI=1S/C33H51NO5/c1-7-8-9-10-11-12-13-14-15-16-17-18-19-21-26-22-20-23-27(37-4)30(26)31-28(32(35)38-5)24(2)34-25(3)29(31)33(36)39-6/h20,22-23,31,34H,7-19,21H2,1-6H3. The van der Waals surface area contributed by atoms with E-state index >= 15 is 0 Å². The summed E-state index contributed by atoms with van der Waals surface area (Å²) >= 11 is 0. The van der Waals surface area contributed by atoms with Crippen LogP contribution in [0.5, 0.6) is 5.75 Å². The topological polar surface area (TPSA) is 73.9 Å². The molecule has 0 amide bonds. The van der Waals surface area contributed by atoms with E-state index in [9.17, 15) is 9.59 Å². The van der Waals surface area contributed by atoms with E-state index in [2.05, 4.69) is 18.3 Å². The molecule has 0 spiro atoms. The molecule has 0 atom stereocenters. The highest BCUT2D eigenvalue weighted by molar-refractivity contribution is 6.00. The second-order valence-corrected chi connectivity index (χ2v) is 10.6. The molecular weight excluding hydrogens is 490 g/mol. The molecular formula is C33H51NO5. The number of allylic oxidation sites excluding steroid dienone is 2. The maximum Gasteiger partial charge on any atom is 0.336 e. The lowest BCUT2D eigenvalue weighted by Crippen LogP contribution is -2.32. The van der Waals surface area contributed by atoms with Gasteiger partial charge in [0.25, 0.3) is 0 Å². The van der Waals surface area contributed by atoms with Crippen molar-refractivity contribution in [2.45, 2.75) is 117 Å². The first-order valence-electron chi connectivity index (χ1n) is 14.9. The lowest BCUT2D eigenvalue weighted by atomic mass is 9.77. The summed E-state index contributed by atoms with van der Waals surface area (Å²) in [4.78, 5) is 26.0. The van der Waals surface area contributed by atoms with E-state index in [1.165, 1.54) is 84.8 Å². The summed E-state index contributed by atoms with van der Waals surface area (Å²) in [6.45, 7) is 5.93. The van der Waals surface area contributed by atoms with Crippen LogP contribution in [0, 0.1) is 0 Å². The molecule has 1 aliphatic rings. The molecule has 1 heterocycles. The molecule has 0 radical (unpaired) electrons. The Morgan fingerprint density at radius 3 is 1.62 bits per heavy atom. The molecule has 6 heteroatoms. The lowest BCUT2D eigenvalue weighted by Gasteiger charge is -2.32. The fourth-order valence-electron chi connectivity index (χ4n) is 5.69. The lowest BCUT2D eigenvalue weighted by molar-refractivity contribution is -0.137. The molecule has 0 unspecified atom stereocenters. The van der Waals surface area contributed by atoms with Crippen molar-refractivity contribution < 1.29 is 23.8 Å². The summed E-state index contributed by atoms with van der Waals surface area (Å²) in [6, 6.07) is 5.94. The zero-order valence-corrected chi connectivity index (χ0v) is 25.3. The number of methoxy groups -OCH3 is 3. The second-order valence-electron chi connectivity index (χ2n) is 10.6. The molecule has 0 bridgehead atoms. The number of carbonyl (C=O) groups excluding carboxylic acids is 2. The third kappa shape index (κ3) is 9.44. The van der Waals surface area contributed by atoms with Gasteiger partial charge < -0.3 is 19.5 Å². The van der Waals surface area contributed by atoms with Crippen molar-refractivity contribution in [2.24, 2.45) is 0 Å². The number of dihydropyridines is 1. The fourth-order valence-corrected chi connectivity index (χ4v) is 5.69. The van der Waals surface area contributed by atoms with Gasteiger partial charge in [0.05, 0.1) is 38.4 Å². The van der Waals surface area contributed by atoms with Crippen LogP contribution in [-0.2, 0) is 25.5 Å². The van der Waals surface area contributed by atoms with Crippen LogP contribution in [-0.4, -0.2) is 33.3 Å². The van der Waals surface area contributed by atoms with Gasteiger partial charge in [0.15, 0.2) is 0 Å². The van der Waals surface area contributed by atoms with Gasteiger partial charge in [-0.1, -0.05) is 96.1 Å². The summed E-state index contributed by atoms with van der Waals surface area (Å²) < 4.78 is 16.1. The van der Waals surface area contributed by atoms with Crippen LogP contribution in [0.4, 0.5) is 0 Å². The Morgan fingerprint density at radius 2 is 1.18 bits per heavy atom. The second kappa shape index (κ2) is 17.8. The zero-order valence-electron chi connectivity index (χ0n) is 25.3. The average molecular weight is 542 g/mol. The van der Waals surface area contributed by atoms with Crippen molar-refractivity contribution in [3.05, 3.63) is 51.9 Å². The van der Waals surface area contributed by atoms with Gasteiger partial charge in [0.2, 0.25) is 0 Å². The zero-order chi connectivity index (χ0) is 28.6. The van der Waals surface area contributed by atoms with Crippen molar-refractivity contribution in [3.8, 4) is 5.75 Å². The van der Waals surface area contributed by atoms with Crippen LogP contribution in [0.2, 0.25) is 0 Å². The monoisotopic (exact) mass is 541 g/mol. The number of carbonyl (C=O) groups is 2. The number of hydrogen-bond acceptors (Lipinski definition) is 6. The van der Waals surface area contributed by atoms with Crippen molar-refractivity contribution in [1.82, 2.24) is 5.32 Å². The van der Waals surface area contributed by atoms with E-state index in [-0.39, 0.29) is 0 Å². The minimum absolute atomic E-state index is 0.402. The van der Waals surface area contributed by atoms with E-state index in [0.29, 0.717) is 28.3 Å². The molecule has 0 fully saturated rings. The molecule has 1 N–H and O–H groups in total. The van der Waals surface area contributed by atoms with E-state index in [0.717, 1.165) is 30.4 Å². The number of aryl methyl sites for hydroxylation is 1. The molecule has 0 saturated heterocycles. The molecule has 0 saturated carbocycles. The van der Waals surface area contributed by atoms with Gasteiger partial charge in [-0.05, 0) is 38.3 Å². The number of rotatable bonds is 18. The van der Waals surface area contributed by atoms with Crippen molar-refractivity contribution in [1.29, 1.82) is 0 Å². The number of ether oxygens (including phenoxy) is 3. The molecule has 218 valence electrons. The third-order valence-electron chi connectivity index (χ3n) is 7.79. The Labute approximate surface area is 236 Å². The van der Waals surface area contributed by atoms with Gasteiger partial charge in [0.1, 0.15) is 5.75 Å². The van der Waals surface area contributed by atoms with Crippen LogP contribution in [0.1, 0.15) is 121 Å². The first-order valence-corrected chi connectivity index (χ1v) is 14.9. The van der Waals surface area contributed by atoms with Crippen molar-refractivity contribution in [2.75, 3.05) is 21.3 Å². The van der Waals surface area contributed by atoms with Gasteiger partial charge in [-0.15, -0.1) is 0 Å². The fraction of sp³-hybridized carbons (Fsp3) is 0.636. The van der Waals surface area contributed by atoms with Crippen molar-refractivity contribution >= 4 is 11.9 Å². The highest BCUT2D eigenvalue weighted by Gasteiger charge is 2.40. The van der Waals surface area contributed by atoms with E-state index in [4.69, 9.17) is 14.2 Å². The van der Waals surface area contributed by atoms with Gasteiger partial charge in [-0.2, -0.15) is 0 Å². The molecule has 6 nitrogen and oxygen atoms in total. The van der Waals surface area contributed by atoms with E-state index < -0.39 is 17.9 Å². The van der Waals surface area contributed by atoms with E-state index in [1.807, 2.05) is 26.0 Å². The Bertz CT molecular complexity index is 956. The molecule has 0 aliphatic carbocycles. The Balaban J connectivity index is 2.08. The number of nitrogens with one attached hydrogen (secondary N) is 1. The molecule has 1 aliphatic heterocycles. The summed E-state index contributed by atoms with van der Waals surface area (Å²) in [5, 5.41) is 3.18. The summed E-state index contributed by atoms with van der Waals surface area (Å²) in [7, 11) is 4.34. The largest absolute Gasteiger partial charge is 0.496 e. The predicted molar refractivity (Wildman–Crippen MR) is 158 cm³/mol. The van der Waals surface area contributed by atoms with Crippen LogP contribution < -0.4 is 10.1 Å². The van der Waals surface area contributed by atoms with Crippen LogP contribution in [0.25, 0.3) is 0 Å². The first kappa shape index (κ1) is 32.5. The first-order chi connectivity index (χ1) is 18.9. The Kier molecular flexibility index (Phi) is 14.8. The third-order valence-corrected chi connectivity index (χ3v) is 7.79. The predicted octanol–water partition coefficient (Wildman–Crippen LogP) is 7.91. The van der Waals surface area contributed by atoms with E-state index in [1.54, 1.807) is 7.11 Å². The van der Waals surface area contributed by atoms with Crippen molar-refractivity contribution in [3.63, 3.8) is 0 Å². The normalized spacial score (nSPS) is 13.9. The van der Waals surface area contributed by atoms with Gasteiger partial charge >= 0.3 is 11.9 Å². The van der Waals surface area contributed by atoms with Gasteiger partial charge in [-0.3, -0.25) is 0 Å². The minimum Gasteiger partial charge on any atom is -0.496 e.